The number of alkyl halides is 3. The van der Waals surface area contributed by atoms with Crippen LogP contribution in [0, 0.1) is 6.92 Å². The Hall–Kier alpha value is -1.27. The number of anilines is 1. The van der Waals surface area contributed by atoms with Gasteiger partial charge < -0.3 is 11.1 Å². The van der Waals surface area contributed by atoms with Crippen molar-refractivity contribution in [2.24, 2.45) is 5.73 Å². The van der Waals surface area contributed by atoms with Crippen molar-refractivity contribution in [2.75, 3.05) is 5.32 Å². The Morgan fingerprint density at radius 2 is 1.90 bits per heavy atom. The molecule has 0 saturated carbocycles. The summed E-state index contributed by atoms with van der Waals surface area (Å²) in [6.07, 6.45) is -3.28. The van der Waals surface area contributed by atoms with Crippen LogP contribution in [0.5, 0.6) is 0 Å². The van der Waals surface area contributed by atoms with E-state index in [0.29, 0.717) is 18.4 Å². The number of carbonyl (C=O) groups excluding carboxylic acids is 1. The van der Waals surface area contributed by atoms with Gasteiger partial charge in [-0.2, -0.15) is 13.2 Å². The van der Waals surface area contributed by atoms with Gasteiger partial charge in [0.15, 0.2) is 0 Å². The Balaban J connectivity index is 0.00000400. The third-order valence-electron chi connectivity index (χ3n) is 3.10. The van der Waals surface area contributed by atoms with Gasteiger partial charge in [0.25, 0.3) is 0 Å². The first-order valence-electron chi connectivity index (χ1n) is 6.36. The van der Waals surface area contributed by atoms with Crippen LogP contribution in [0.15, 0.2) is 18.2 Å². The van der Waals surface area contributed by atoms with E-state index >= 15 is 0 Å². The molecule has 0 aliphatic carbocycles. The molecule has 7 heteroatoms. The van der Waals surface area contributed by atoms with E-state index in [-0.39, 0.29) is 18.1 Å². The van der Waals surface area contributed by atoms with Crippen molar-refractivity contribution in [3.8, 4) is 0 Å². The van der Waals surface area contributed by atoms with Crippen LogP contribution in [0.3, 0.4) is 0 Å². The molecule has 1 unspecified atom stereocenters. The molecule has 0 fully saturated rings. The highest BCUT2D eigenvalue weighted by atomic mass is 35.5. The zero-order valence-electron chi connectivity index (χ0n) is 12.2. The monoisotopic (exact) mass is 324 g/mol. The second-order valence-electron chi connectivity index (χ2n) is 5.15. The highest BCUT2D eigenvalue weighted by Gasteiger charge is 2.32. The number of benzene rings is 1. The fourth-order valence-corrected chi connectivity index (χ4v) is 1.83. The predicted octanol–water partition coefficient (Wildman–Crippen LogP) is 3.89. The zero-order valence-corrected chi connectivity index (χ0v) is 13.0. The van der Waals surface area contributed by atoms with Gasteiger partial charge in [0.05, 0.1) is 11.1 Å². The molecule has 3 nitrogen and oxygen atoms in total. The molecule has 0 heterocycles. The molecule has 0 spiro atoms. The lowest BCUT2D eigenvalue weighted by Crippen LogP contribution is -2.48. The Bertz CT molecular complexity index is 501. The third-order valence-corrected chi connectivity index (χ3v) is 3.10. The average Bonchev–Trinajstić information content (AvgIpc) is 2.30. The maximum Gasteiger partial charge on any atom is 0.416 e. The average molecular weight is 325 g/mol. The second-order valence-corrected chi connectivity index (χ2v) is 5.15. The normalized spacial score (nSPS) is 14.0. The molecule has 1 aromatic rings. The molecule has 0 aliphatic heterocycles. The largest absolute Gasteiger partial charge is 0.416 e. The van der Waals surface area contributed by atoms with E-state index in [4.69, 9.17) is 5.73 Å². The Kier molecular flexibility index (Phi) is 6.70. The molecule has 0 bridgehead atoms. The molecule has 1 aromatic carbocycles. The first-order chi connectivity index (χ1) is 9.08. The maximum atomic E-state index is 12.7. The van der Waals surface area contributed by atoms with E-state index in [1.807, 2.05) is 6.92 Å². The van der Waals surface area contributed by atoms with Crippen molar-refractivity contribution in [1.29, 1.82) is 0 Å². The van der Waals surface area contributed by atoms with Crippen LogP contribution in [0.2, 0.25) is 0 Å². The number of nitrogens with two attached hydrogens (primary N) is 1. The molecule has 0 radical (unpaired) electrons. The molecule has 0 aromatic heterocycles. The van der Waals surface area contributed by atoms with Gasteiger partial charge in [-0.25, -0.2) is 0 Å². The quantitative estimate of drug-likeness (QED) is 0.882. The van der Waals surface area contributed by atoms with Gasteiger partial charge >= 0.3 is 6.18 Å². The van der Waals surface area contributed by atoms with Gasteiger partial charge in [0, 0.05) is 5.69 Å². The van der Waals surface area contributed by atoms with Crippen molar-refractivity contribution in [3.63, 3.8) is 0 Å². The highest BCUT2D eigenvalue weighted by Crippen LogP contribution is 2.32. The summed E-state index contributed by atoms with van der Waals surface area (Å²) in [4.78, 5) is 12.0. The Morgan fingerprint density at radius 1 is 1.33 bits per heavy atom. The summed E-state index contributed by atoms with van der Waals surface area (Å²) >= 11 is 0. The number of carbonyl (C=O) groups is 1. The van der Waals surface area contributed by atoms with Crippen LogP contribution >= 0.6 is 12.4 Å². The molecule has 1 rings (SSSR count). The van der Waals surface area contributed by atoms with Crippen LogP contribution in [-0.2, 0) is 11.0 Å². The van der Waals surface area contributed by atoms with Gasteiger partial charge in [-0.05, 0) is 38.0 Å². The minimum Gasteiger partial charge on any atom is -0.324 e. The van der Waals surface area contributed by atoms with E-state index in [0.717, 1.165) is 12.1 Å². The molecule has 0 saturated heterocycles. The molecule has 0 aliphatic rings. The zero-order chi connectivity index (χ0) is 15.6. The summed E-state index contributed by atoms with van der Waals surface area (Å²) < 4.78 is 38.0. The molecule has 3 N–H and O–H groups in total. The molecular weight excluding hydrogens is 305 g/mol. The molecular formula is C14H20ClF3N2O. The van der Waals surface area contributed by atoms with Gasteiger partial charge in [0.2, 0.25) is 5.91 Å². The maximum absolute atomic E-state index is 12.7. The number of rotatable bonds is 4. The summed E-state index contributed by atoms with van der Waals surface area (Å²) in [5, 5.41) is 2.48. The van der Waals surface area contributed by atoms with Crippen LogP contribution in [0.25, 0.3) is 0 Å². The van der Waals surface area contributed by atoms with Crippen LogP contribution < -0.4 is 11.1 Å². The van der Waals surface area contributed by atoms with Crippen molar-refractivity contribution in [3.05, 3.63) is 29.3 Å². The van der Waals surface area contributed by atoms with Gasteiger partial charge in [0.1, 0.15) is 0 Å². The summed E-state index contributed by atoms with van der Waals surface area (Å²) in [5.74, 6) is -0.484. The molecule has 1 amide bonds. The summed E-state index contributed by atoms with van der Waals surface area (Å²) in [7, 11) is 0. The highest BCUT2D eigenvalue weighted by molar-refractivity contribution is 5.98. The lowest BCUT2D eigenvalue weighted by Gasteiger charge is -2.23. The van der Waals surface area contributed by atoms with Crippen LogP contribution in [0.1, 0.15) is 37.8 Å². The van der Waals surface area contributed by atoms with E-state index in [1.54, 1.807) is 13.8 Å². The Labute approximate surface area is 128 Å². The SMILES string of the molecule is CCCC(C)(N)C(=O)Nc1cc(C(F)(F)F)ccc1C.Cl. The predicted molar refractivity (Wildman–Crippen MR) is 79.6 cm³/mol. The summed E-state index contributed by atoms with van der Waals surface area (Å²) in [5.41, 5.74) is 4.65. The van der Waals surface area contributed by atoms with E-state index in [2.05, 4.69) is 5.32 Å². The van der Waals surface area contributed by atoms with Crippen molar-refractivity contribution in [1.82, 2.24) is 0 Å². The fourth-order valence-electron chi connectivity index (χ4n) is 1.83. The standard InChI is InChI=1S/C14H19F3N2O.ClH/c1-4-7-13(3,18)12(20)19-11-8-10(14(15,16)17)6-5-9(11)2;/h5-6,8H,4,7,18H2,1-3H3,(H,19,20);1H. The number of nitrogens with one attached hydrogen (secondary N) is 1. The number of halogens is 4. The Morgan fingerprint density at radius 3 is 2.38 bits per heavy atom. The lowest BCUT2D eigenvalue weighted by atomic mass is 9.96. The molecule has 21 heavy (non-hydrogen) atoms. The van der Waals surface area contributed by atoms with Gasteiger partial charge in [-0.3, -0.25) is 4.79 Å². The minimum absolute atomic E-state index is 0. The van der Waals surface area contributed by atoms with E-state index in [9.17, 15) is 18.0 Å². The van der Waals surface area contributed by atoms with Gasteiger partial charge in [-0.15, -0.1) is 12.4 Å². The first-order valence-corrected chi connectivity index (χ1v) is 6.36. The fraction of sp³-hybridized carbons (Fsp3) is 0.500. The lowest BCUT2D eigenvalue weighted by molar-refractivity contribution is -0.137. The topological polar surface area (TPSA) is 55.1 Å². The van der Waals surface area contributed by atoms with Crippen molar-refractivity contribution < 1.29 is 18.0 Å². The first kappa shape index (κ1) is 19.7. The number of hydrogen-bond donors (Lipinski definition) is 2. The van der Waals surface area contributed by atoms with Crippen molar-refractivity contribution >= 4 is 24.0 Å². The van der Waals surface area contributed by atoms with Crippen molar-refractivity contribution in [2.45, 2.75) is 45.3 Å². The third kappa shape index (κ3) is 5.21. The van der Waals surface area contributed by atoms with E-state index in [1.165, 1.54) is 6.07 Å². The smallest absolute Gasteiger partial charge is 0.324 e. The number of aryl methyl sites for hydroxylation is 1. The summed E-state index contributed by atoms with van der Waals surface area (Å²) in [6, 6.07) is 3.24. The van der Waals surface area contributed by atoms with Gasteiger partial charge in [-0.1, -0.05) is 19.4 Å². The minimum atomic E-state index is -4.44. The molecule has 120 valence electrons. The van der Waals surface area contributed by atoms with Crippen LogP contribution in [-0.4, -0.2) is 11.4 Å². The summed E-state index contributed by atoms with van der Waals surface area (Å²) in [6.45, 7) is 5.08. The van der Waals surface area contributed by atoms with Crippen LogP contribution in [0.4, 0.5) is 18.9 Å². The van der Waals surface area contributed by atoms with E-state index < -0.39 is 23.2 Å². The molecule has 1 atom stereocenters. The number of amides is 1. The second kappa shape index (κ2) is 7.13. The number of hydrogen-bond acceptors (Lipinski definition) is 2.